The van der Waals surface area contributed by atoms with Crippen LogP contribution in [0.3, 0.4) is 0 Å². The van der Waals surface area contributed by atoms with Crippen LogP contribution >= 0.6 is 0 Å². The van der Waals surface area contributed by atoms with E-state index in [-0.39, 0.29) is 0 Å². The normalized spacial score (nSPS) is 22.6. The minimum absolute atomic E-state index is 0.401. The molecule has 2 aliphatic rings. The highest BCUT2D eigenvalue weighted by Gasteiger charge is 2.36. The van der Waals surface area contributed by atoms with Crippen molar-refractivity contribution in [1.82, 2.24) is 10.3 Å². The van der Waals surface area contributed by atoms with Crippen molar-refractivity contribution < 1.29 is 9.53 Å². The summed E-state index contributed by atoms with van der Waals surface area (Å²) < 4.78 is 5.98. The highest BCUT2D eigenvalue weighted by Crippen LogP contribution is 2.32. The largest absolute Gasteiger partial charge is 0.466 e. The zero-order chi connectivity index (χ0) is 17.9. The lowest BCUT2D eigenvalue weighted by molar-refractivity contribution is -0.120. The number of nitrogens with one attached hydrogen (secondary N) is 1. The van der Waals surface area contributed by atoms with Crippen molar-refractivity contribution in [3.05, 3.63) is 59.9 Å². The molecule has 7 nitrogen and oxygen atoms in total. The van der Waals surface area contributed by atoms with Crippen molar-refractivity contribution in [3.8, 4) is 0 Å². The Balaban J connectivity index is 1.55. The molecule has 2 aliphatic heterocycles. The van der Waals surface area contributed by atoms with Crippen LogP contribution in [0.4, 0.5) is 5.69 Å². The van der Waals surface area contributed by atoms with Gasteiger partial charge in [0.15, 0.2) is 12.1 Å². The highest BCUT2D eigenvalue weighted by atomic mass is 16.5. The third-order valence-electron chi connectivity index (χ3n) is 4.69. The molecular formula is C19H21N5O2. The molecule has 7 heteroatoms. The van der Waals surface area contributed by atoms with Crippen LogP contribution in [0.1, 0.15) is 17.2 Å². The van der Waals surface area contributed by atoms with Gasteiger partial charge in [0.25, 0.3) is 0 Å². The molecule has 0 radical (unpaired) electrons. The lowest BCUT2D eigenvalue weighted by Crippen LogP contribution is -2.43. The van der Waals surface area contributed by atoms with E-state index >= 15 is 0 Å². The van der Waals surface area contributed by atoms with Crippen LogP contribution in [0.15, 0.2) is 53.8 Å². The van der Waals surface area contributed by atoms with E-state index in [9.17, 15) is 4.79 Å². The molecule has 2 unspecified atom stereocenters. The Bertz CT molecular complexity index is 800. The van der Waals surface area contributed by atoms with Gasteiger partial charge in [-0.1, -0.05) is 12.1 Å². The predicted octanol–water partition coefficient (Wildman–Crippen LogP) is 0.863. The molecule has 2 aromatic rings. The Labute approximate surface area is 151 Å². The summed E-state index contributed by atoms with van der Waals surface area (Å²) in [6.07, 6.45) is 2.82. The molecular weight excluding hydrogens is 330 g/mol. The summed E-state index contributed by atoms with van der Waals surface area (Å²) in [6.45, 7) is 3.94. The quantitative estimate of drug-likeness (QED) is 0.852. The Morgan fingerprint density at radius 1 is 1.19 bits per heavy atom. The lowest BCUT2D eigenvalue weighted by Gasteiger charge is -2.29. The summed E-state index contributed by atoms with van der Waals surface area (Å²) in [6, 6.07) is 11.0. The first-order valence-corrected chi connectivity index (χ1v) is 8.72. The highest BCUT2D eigenvalue weighted by molar-refractivity contribution is 5.98. The van der Waals surface area contributed by atoms with E-state index < -0.39 is 18.1 Å². The summed E-state index contributed by atoms with van der Waals surface area (Å²) in [5.41, 5.74) is 8.34. The molecule has 1 aromatic heterocycles. The maximum absolute atomic E-state index is 11.9. The number of hydrogen-bond donors (Lipinski definition) is 2. The van der Waals surface area contributed by atoms with Crippen molar-refractivity contribution in [3.63, 3.8) is 0 Å². The van der Waals surface area contributed by atoms with Gasteiger partial charge in [0.2, 0.25) is 11.8 Å². The molecule has 1 saturated heterocycles. The molecule has 0 bridgehead atoms. The second-order valence-corrected chi connectivity index (χ2v) is 6.39. The van der Waals surface area contributed by atoms with E-state index in [2.05, 4.69) is 32.3 Å². The first-order valence-electron chi connectivity index (χ1n) is 8.72. The smallest absolute Gasteiger partial charge is 0.246 e. The number of carbonyl (C=O) groups excluding carboxylic acids is 1. The van der Waals surface area contributed by atoms with Gasteiger partial charge in [0, 0.05) is 44.3 Å². The number of nitrogens with two attached hydrogens (primary N) is 1. The summed E-state index contributed by atoms with van der Waals surface area (Å²) in [5.74, 6) is -0.0989. The monoisotopic (exact) mass is 351 g/mol. The lowest BCUT2D eigenvalue weighted by atomic mass is 10.0. The van der Waals surface area contributed by atoms with E-state index in [1.165, 1.54) is 0 Å². The number of primary amides is 1. The number of ether oxygens (including phenoxy) is 1. The Hall–Kier alpha value is -2.93. The van der Waals surface area contributed by atoms with Crippen LogP contribution in [0.25, 0.3) is 0 Å². The third-order valence-corrected chi connectivity index (χ3v) is 4.69. The molecule has 0 aliphatic carbocycles. The Kier molecular flexibility index (Phi) is 4.53. The topological polar surface area (TPSA) is 92.8 Å². The molecule has 26 heavy (non-hydrogen) atoms. The number of aliphatic imine (C=N–C) groups is 1. The average molecular weight is 351 g/mol. The SMILES string of the molecule is NC(=O)C1N=C(c2cccnc2)OC1c1ccc(N2CCNCC2)cc1. The van der Waals surface area contributed by atoms with Gasteiger partial charge in [-0.2, -0.15) is 0 Å². The molecule has 0 saturated carbocycles. The number of benzene rings is 1. The molecule has 4 rings (SSSR count). The van der Waals surface area contributed by atoms with Crippen molar-refractivity contribution in [2.75, 3.05) is 31.1 Å². The molecule has 0 spiro atoms. The van der Waals surface area contributed by atoms with Gasteiger partial charge in [-0.05, 0) is 29.8 Å². The number of nitrogens with zero attached hydrogens (tertiary/aromatic N) is 3. The number of amides is 1. The Morgan fingerprint density at radius 3 is 2.62 bits per heavy atom. The van der Waals surface area contributed by atoms with Crippen LogP contribution < -0.4 is 16.0 Å². The molecule has 3 N–H and O–H groups in total. The van der Waals surface area contributed by atoms with E-state index in [4.69, 9.17) is 10.5 Å². The molecule has 2 atom stereocenters. The first-order chi connectivity index (χ1) is 12.7. The van der Waals surface area contributed by atoms with Crippen molar-refractivity contribution in [2.24, 2.45) is 10.7 Å². The maximum atomic E-state index is 11.9. The number of hydrogen-bond acceptors (Lipinski definition) is 6. The van der Waals surface area contributed by atoms with E-state index in [1.807, 2.05) is 18.2 Å². The summed E-state index contributed by atoms with van der Waals surface area (Å²) in [7, 11) is 0. The number of pyridine rings is 1. The standard InChI is InChI=1S/C19H21N5O2/c20-18(25)16-17(26-19(23-16)14-2-1-7-22-12-14)13-3-5-15(6-4-13)24-10-8-21-9-11-24/h1-7,12,16-17,21H,8-11H2,(H2,20,25). The van der Waals surface area contributed by atoms with Crippen LogP contribution in [-0.2, 0) is 9.53 Å². The zero-order valence-electron chi connectivity index (χ0n) is 14.3. The van der Waals surface area contributed by atoms with Gasteiger partial charge in [-0.15, -0.1) is 0 Å². The molecule has 3 heterocycles. The first kappa shape index (κ1) is 16.5. The van der Waals surface area contributed by atoms with Crippen LogP contribution in [0.5, 0.6) is 0 Å². The van der Waals surface area contributed by atoms with Gasteiger partial charge < -0.3 is 20.7 Å². The van der Waals surface area contributed by atoms with E-state index in [0.29, 0.717) is 5.90 Å². The second-order valence-electron chi connectivity index (χ2n) is 6.39. The molecule has 134 valence electrons. The summed E-state index contributed by atoms with van der Waals surface area (Å²) in [5, 5.41) is 3.35. The van der Waals surface area contributed by atoms with Gasteiger partial charge in [-0.25, -0.2) is 4.99 Å². The second kappa shape index (κ2) is 7.13. The number of anilines is 1. The molecule has 1 aromatic carbocycles. The van der Waals surface area contributed by atoms with E-state index in [1.54, 1.807) is 18.5 Å². The van der Waals surface area contributed by atoms with Gasteiger partial charge >= 0.3 is 0 Å². The van der Waals surface area contributed by atoms with Crippen LogP contribution in [-0.4, -0.2) is 49.0 Å². The fraction of sp³-hybridized carbons (Fsp3) is 0.316. The van der Waals surface area contributed by atoms with Crippen molar-refractivity contribution >= 4 is 17.5 Å². The van der Waals surface area contributed by atoms with E-state index in [0.717, 1.165) is 43.0 Å². The van der Waals surface area contributed by atoms with Crippen molar-refractivity contribution in [2.45, 2.75) is 12.1 Å². The van der Waals surface area contributed by atoms with Gasteiger partial charge in [0.1, 0.15) is 0 Å². The Morgan fingerprint density at radius 2 is 1.96 bits per heavy atom. The number of piperazine rings is 1. The third kappa shape index (κ3) is 3.25. The average Bonchev–Trinajstić information content (AvgIpc) is 3.15. The predicted molar refractivity (Wildman–Crippen MR) is 99.1 cm³/mol. The molecule has 1 fully saturated rings. The fourth-order valence-electron chi connectivity index (χ4n) is 3.30. The summed E-state index contributed by atoms with van der Waals surface area (Å²) in [4.78, 5) is 22.7. The zero-order valence-corrected chi connectivity index (χ0v) is 14.3. The summed E-state index contributed by atoms with van der Waals surface area (Å²) >= 11 is 0. The number of aromatic nitrogens is 1. The van der Waals surface area contributed by atoms with Crippen LogP contribution in [0, 0.1) is 0 Å². The maximum Gasteiger partial charge on any atom is 0.246 e. The minimum Gasteiger partial charge on any atom is -0.466 e. The minimum atomic E-state index is -0.741. The number of carbonyl (C=O) groups is 1. The van der Waals surface area contributed by atoms with Crippen molar-refractivity contribution in [1.29, 1.82) is 0 Å². The van der Waals surface area contributed by atoms with Gasteiger partial charge in [-0.3, -0.25) is 9.78 Å². The molecule has 1 amide bonds. The number of rotatable bonds is 4. The fourth-order valence-corrected chi connectivity index (χ4v) is 3.30. The van der Waals surface area contributed by atoms with Gasteiger partial charge in [0.05, 0.1) is 5.56 Å². The van der Waals surface area contributed by atoms with Crippen LogP contribution in [0.2, 0.25) is 0 Å².